The first-order chi connectivity index (χ1) is 15.4. The Morgan fingerprint density at radius 3 is 2.62 bits per heavy atom. The van der Waals surface area contributed by atoms with Crippen molar-refractivity contribution in [2.75, 3.05) is 43.4 Å². The lowest BCUT2D eigenvalue weighted by atomic mass is 10.2. The Kier molecular flexibility index (Phi) is 5.14. The first-order valence-corrected chi connectivity index (χ1v) is 10.4. The maximum atomic E-state index is 14.7. The van der Waals surface area contributed by atoms with Crippen molar-refractivity contribution in [3.05, 3.63) is 47.5 Å². The first kappa shape index (κ1) is 20.3. The summed E-state index contributed by atoms with van der Waals surface area (Å²) >= 11 is 0. The van der Waals surface area contributed by atoms with Crippen LogP contribution < -0.4 is 15.0 Å². The topological polar surface area (TPSA) is 95.3 Å². The molecule has 0 atom stereocenters. The summed E-state index contributed by atoms with van der Waals surface area (Å²) < 4.78 is 25.8. The maximum Gasteiger partial charge on any atom is 0.326 e. The molecule has 1 aliphatic heterocycles. The van der Waals surface area contributed by atoms with Gasteiger partial charge < -0.3 is 29.4 Å². The van der Waals surface area contributed by atoms with Gasteiger partial charge >= 0.3 is 6.01 Å². The molecule has 4 heterocycles. The molecule has 5 rings (SSSR count). The molecule has 3 aromatic heterocycles. The van der Waals surface area contributed by atoms with Crippen LogP contribution in [0.1, 0.15) is 11.4 Å². The minimum Gasteiger partial charge on any atom is -0.421 e. The van der Waals surface area contributed by atoms with Crippen LogP contribution >= 0.6 is 0 Å². The largest absolute Gasteiger partial charge is 0.421 e. The number of H-pyrrole nitrogens is 1. The lowest BCUT2D eigenvalue weighted by Gasteiger charge is -2.33. The number of nitrogens with zero attached hydrogens (tertiary/aromatic N) is 5. The molecule has 9 nitrogen and oxygen atoms in total. The highest BCUT2D eigenvalue weighted by Crippen LogP contribution is 2.30. The van der Waals surface area contributed by atoms with Crippen LogP contribution in [0.2, 0.25) is 0 Å². The zero-order valence-electron chi connectivity index (χ0n) is 18.1. The van der Waals surface area contributed by atoms with Crippen molar-refractivity contribution < 1.29 is 13.7 Å². The number of ether oxygens (including phenoxy) is 1. The fraction of sp³-hybridized carbons (Fsp3) is 0.318. The molecular formula is C22H24FN7O2. The highest BCUT2D eigenvalue weighted by Gasteiger charge is 2.19. The van der Waals surface area contributed by atoms with Crippen LogP contribution in [0.15, 0.2) is 34.9 Å². The van der Waals surface area contributed by atoms with E-state index < -0.39 is 5.82 Å². The SMILES string of the molecule is Cc1cc(Nc2cc(N3CCN(C)CC3)nc(Oc3cc4cc(C)[nH]c4cc3F)n2)on1. The summed E-state index contributed by atoms with van der Waals surface area (Å²) in [5.74, 6) is 1.19. The van der Waals surface area contributed by atoms with Gasteiger partial charge in [-0.25, -0.2) is 4.39 Å². The molecule has 4 aromatic rings. The molecule has 0 bridgehead atoms. The highest BCUT2D eigenvalue weighted by atomic mass is 19.1. The van der Waals surface area contributed by atoms with Crippen LogP contribution in [0.4, 0.5) is 21.9 Å². The summed E-state index contributed by atoms with van der Waals surface area (Å²) in [6, 6.07) is 8.63. The second kappa shape index (κ2) is 8.12. The first-order valence-electron chi connectivity index (χ1n) is 10.4. The van der Waals surface area contributed by atoms with Gasteiger partial charge in [-0.15, -0.1) is 0 Å². The van der Waals surface area contributed by atoms with E-state index in [-0.39, 0.29) is 11.8 Å². The Labute approximate surface area is 184 Å². The van der Waals surface area contributed by atoms with Crippen molar-refractivity contribution >= 4 is 28.4 Å². The molecule has 10 heteroatoms. The van der Waals surface area contributed by atoms with Gasteiger partial charge in [0.05, 0.1) is 5.69 Å². The van der Waals surface area contributed by atoms with Crippen molar-refractivity contribution in [2.45, 2.75) is 13.8 Å². The molecule has 2 N–H and O–H groups in total. The van der Waals surface area contributed by atoms with E-state index in [1.807, 2.05) is 26.0 Å². The number of fused-ring (bicyclic) bond motifs is 1. The summed E-state index contributed by atoms with van der Waals surface area (Å²) in [7, 11) is 2.09. The number of anilines is 3. The second-order valence-corrected chi connectivity index (χ2v) is 8.07. The van der Waals surface area contributed by atoms with Crippen molar-refractivity contribution in [1.82, 2.24) is 25.0 Å². The zero-order chi connectivity index (χ0) is 22.2. The molecule has 1 aromatic carbocycles. The smallest absolute Gasteiger partial charge is 0.326 e. The van der Waals surface area contributed by atoms with Crippen molar-refractivity contribution in [1.29, 1.82) is 0 Å². The van der Waals surface area contributed by atoms with Gasteiger partial charge in [-0.2, -0.15) is 9.97 Å². The van der Waals surface area contributed by atoms with E-state index in [4.69, 9.17) is 9.26 Å². The van der Waals surface area contributed by atoms with Gasteiger partial charge in [0.2, 0.25) is 5.88 Å². The Hall–Kier alpha value is -3.66. The van der Waals surface area contributed by atoms with Crippen LogP contribution in [0.3, 0.4) is 0 Å². The van der Waals surface area contributed by atoms with E-state index in [0.717, 1.165) is 43.0 Å². The molecule has 166 valence electrons. The fourth-order valence-corrected chi connectivity index (χ4v) is 3.72. The molecule has 1 saturated heterocycles. The molecule has 0 aliphatic carbocycles. The summed E-state index contributed by atoms with van der Waals surface area (Å²) in [4.78, 5) is 16.5. The van der Waals surface area contributed by atoms with E-state index in [2.05, 4.69) is 42.3 Å². The second-order valence-electron chi connectivity index (χ2n) is 8.07. The van der Waals surface area contributed by atoms with E-state index in [1.165, 1.54) is 6.07 Å². The third kappa shape index (κ3) is 4.22. The summed E-state index contributed by atoms with van der Waals surface area (Å²) in [6.07, 6.45) is 0. The highest BCUT2D eigenvalue weighted by molar-refractivity contribution is 5.82. The summed E-state index contributed by atoms with van der Waals surface area (Å²) in [6.45, 7) is 7.23. The number of piperazine rings is 1. The predicted octanol–water partition coefficient (Wildman–Crippen LogP) is 3.99. The summed E-state index contributed by atoms with van der Waals surface area (Å²) in [5, 5.41) is 7.83. The Morgan fingerprint density at radius 2 is 1.88 bits per heavy atom. The van der Waals surface area contributed by atoms with Gasteiger partial charge in [-0.1, -0.05) is 5.16 Å². The predicted molar refractivity (Wildman–Crippen MR) is 119 cm³/mol. The molecule has 32 heavy (non-hydrogen) atoms. The van der Waals surface area contributed by atoms with Crippen LogP contribution in [-0.4, -0.2) is 58.2 Å². The number of rotatable bonds is 5. The number of hydrogen-bond donors (Lipinski definition) is 2. The number of aryl methyl sites for hydroxylation is 2. The van der Waals surface area contributed by atoms with E-state index in [1.54, 1.807) is 12.1 Å². The van der Waals surface area contributed by atoms with E-state index in [0.29, 0.717) is 23.0 Å². The van der Waals surface area contributed by atoms with Crippen molar-refractivity contribution in [3.63, 3.8) is 0 Å². The third-order valence-corrected chi connectivity index (χ3v) is 5.41. The molecule has 0 amide bonds. The Bertz CT molecular complexity index is 1260. The van der Waals surface area contributed by atoms with E-state index in [9.17, 15) is 4.39 Å². The normalized spacial score (nSPS) is 14.8. The monoisotopic (exact) mass is 437 g/mol. The maximum absolute atomic E-state index is 14.7. The van der Waals surface area contributed by atoms with Gasteiger partial charge in [0, 0.05) is 61.0 Å². The van der Waals surface area contributed by atoms with E-state index >= 15 is 0 Å². The Balaban J connectivity index is 1.49. The zero-order valence-corrected chi connectivity index (χ0v) is 18.1. The van der Waals surface area contributed by atoms with Gasteiger partial charge in [-0.05, 0) is 33.0 Å². The van der Waals surface area contributed by atoms with Gasteiger partial charge in [0.1, 0.15) is 11.6 Å². The molecule has 0 spiro atoms. The number of hydrogen-bond acceptors (Lipinski definition) is 8. The molecule has 1 aliphatic rings. The molecule has 0 saturated carbocycles. The number of halogens is 1. The molecule has 0 radical (unpaired) electrons. The number of nitrogens with one attached hydrogen (secondary N) is 2. The van der Waals surface area contributed by atoms with Gasteiger partial charge in [0.15, 0.2) is 11.6 Å². The van der Waals surface area contributed by atoms with Crippen LogP contribution in [-0.2, 0) is 0 Å². The number of likely N-dealkylation sites (N-methyl/N-ethyl adjacent to an activating group) is 1. The van der Waals surface area contributed by atoms with Crippen LogP contribution in [0.25, 0.3) is 10.9 Å². The third-order valence-electron chi connectivity index (χ3n) is 5.41. The van der Waals surface area contributed by atoms with Crippen molar-refractivity contribution in [2.24, 2.45) is 0 Å². The van der Waals surface area contributed by atoms with Gasteiger partial charge in [-0.3, -0.25) is 0 Å². The standard InChI is InChI=1S/C22H24FN7O2/c1-13-8-15-10-18(16(23)11-17(15)24-13)31-22-26-19(25-21-9-14(2)28-32-21)12-20(27-22)30-6-4-29(3)5-7-30/h8-12,24H,4-7H2,1-3H3,(H,25,26,27). The van der Waals surface area contributed by atoms with Crippen LogP contribution in [0, 0.1) is 19.7 Å². The minimum atomic E-state index is -0.492. The molecular weight excluding hydrogens is 413 g/mol. The average molecular weight is 437 g/mol. The van der Waals surface area contributed by atoms with Crippen molar-refractivity contribution in [3.8, 4) is 11.8 Å². The lowest BCUT2D eigenvalue weighted by molar-refractivity contribution is 0.311. The quantitative estimate of drug-likeness (QED) is 0.484. The van der Waals surface area contributed by atoms with Crippen LogP contribution in [0.5, 0.6) is 11.8 Å². The number of aromatic nitrogens is 4. The average Bonchev–Trinajstić information content (AvgIpc) is 3.32. The minimum absolute atomic E-state index is 0.0469. The summed E-state index contributed by atoms with van der Waals surface area (Å²) in [5.41, 5.74) is 2.40. The Morgan fingerprint density at radius 1 is 1.06 bits per heavy atom. The number of aromatic amines is 1. The number of benzene rings is 1. The van der Waals surface area contributed by atoms with Gasteiger partial charge in [0.25, 0.3) is 0 Å². The molecule has 0 unspecified atom stereocenters. The molecule has 1 fully saturated rings. The fourth-order valence-electron chi connectivity index (χ4n) is 3.72. The lowest BCUT2D eigenvalue weighted by Crippen LogP contribution is -2.44.